The van der Waals surface area contributed by atoms with E-state index >= 15 is 0 Å². The standard InChI is InChI=1S/C9H9NO2/c1-6-3-7(11-2)9-8(4-6)12-5-10-9/h3-5H,1-2H3. The summed E-state index contributed by atoms with van der Waals surface area (Å²) >= 11 is 0. The van der Waals surface area contributed by atoms with Crippen molar-refractivity contribution in [2.24, 2.45) is 0 Å². The van der Waals surface area contributed by atoms with Gasteiger partial charge >= 0.3 is 0 Å². The third kappa shape index (κ3) is 0.942. The summed E-state index contributed by atoms with van der Waals surface area (Å²) in [5, 5.41) is 0. The van der Waals surface area contributed by atoms with E-state index in [1.165, 1.54) is 6.39 Å². The third-order valence-electron chi connectivity index (χ3n) is 1.77. The summed E-state index contributed by atoms with van der Waals surface area (Å²) in [5.74, 6) is 0.763. The van der Waals surface area contributed by atoms with Gasteiger partial charge in [0.2, 0.25) is 0 Å². The molecule has 0 fully saturated rings. The average molecular weight is 163 g/mol. The molecule has 62 valence electrons. The molecule has 3 heteroatoms. The lowest BCUT2D eigenvalue weighted by atomic mass is 10.2. The zero-order chi connectivity index (χ0) is 8.55. The number of hydrogen-bond donors (Lipinski definition) is 0. The van der Waals surface area contributed by atoms with E-state index in [1.54, 1.807) is 7.11 Å². The molecule has 1 aromatic heterocycles. The highest BCUT2D eigenvalue weighted by Gasteiger charge is 2.05. The van der Waals surface area contributed by atoms with Crippen LogP contribution in [0.2, 0.25) is 0 Å². The average Bonchev–Trinajstić information content (AvgIpc) is 2.50. The first-order chi connectivity index (χ1) is 5.81. The van der Waals surface area contributed by atoms with Gasteiger partial charge in [0.05, 0.1) is 7.11 Å². The number of benzene rings is 1. The summed E-state index contributed by atoms with van der Waals surface area (Å²) in [6, 6.07) is 3.87. The number of ether oxygens (including phenoxy) is 1. The molecule has 0 amide bonds. The Balaban J connectivity index is 2.80. The highest BCUT2D eigenvalue weighted by molar-refractivity contribution is 5.80. The van der Waals surface area contributed by atoms with Crippen LogP contribution in [0.3, 0.4) is 0 Å². The van der Waals surface area contributed by atoms with E-state index in [-0.39, 0.29) is 0 Å². The summed E-state index contributed by atoms with van der Waals surface area (Å²) in [7, 11) is 1.63. The highest BCUT2D eigenvalue weighted by atomic mass is 16.5. The Labute approximate surface area is 70.0 Å². The largest absolute Gasteiger partial charge is 0.494 e. The molecular formula is C9H9NO2. The summed E-state index contributed by atoms with van der Waals surface area (Å²) in [5.41, 5.74) is 2.66. The Hall–Kier alpha value is -1.51. The smallest absolute Gasteiger partial charge is 0.182 e. The number of rotatable bonds is 1. The summed E-state index contributed by atoms with van der Waals surface area (Å²) < 4.78 is 10.3. The minimum atomic E-state index is 0.763. The molecule has 0 aliphatic heterocycles. The van der Waals surface area contributed by atoms with E-state index in [0.29, 0.717) is 0 Å². The second kappa shape index (κ2) is 2.52. The first kappa shape index (κ1) is 7.16. The number of oxazole rings is 1. The van der Waals surface area contributed by atoms with Crippen molar-refractivity contribution >= 4 is 11.1 Å². The van der Waals surface area contributed by atoms with Crippen LogP contribution in [0.4, 0.5) is 0 Å². The Morgan fingerprint density at radius 1 is 1.42 bits per heavy atom. The quantitative estimate of drug-likeness (QED) is 0.646. The first-order valence-corrected chi connectivity index (χ1v) is 3.69. The predicted octanol–water partition coefficient (Wildman–Crippen LogP) is 2.14. The minimum absolute atomic E-state index is 0.763. The normalized spacial score (nSPS) is 10.5. The molecule has 1 aromatic carbocycles. The molecule has 0 radical (unpaired) electrons. The molecule has 3 nitrogen and oxygen atoms in total. The van der Waals surface area contributed by atoms with Crippen LogP contribution in [0.25, 0.3) is 11.1 Å². The van der Waals surface area contributed by atoms with Crippen molar-refractivity contribution < 1.29 is 9.15 Å². The minimum Gasteiger partial charge on any atom is -0.494 e. The van der Waals surface area contributed by atoms with Gasteiger partial charge in [-0.15, -0.1) is 0 Å². The van der Waals surface area contributed by atoms with Crippen LogP contribution < -0.4 is 4.74 Å². The van der Waals surface area contributed by atoms with Gasteiger partial charge in [0, 0.05) is 0 Å². The predicted molar refractivity (Wildman–Crippen MR) is 45.3 cm³/mol. The van der Waals surface area contributed by atoms with Crippen LogP contribution in [0.15, 0.2) is 22.9 Å². The van der Waals surface area contributed by atoms with E-state index in [4.69, 9.17) is 9.15 Å². The molecule has 0 atom stereocenters. The van der Waals surface area contributed by atoms with E-state index in [0.717, 1.165) is 22.4 Å². The lowest BCUT2D eigenvalue weighted by Gasteiger charge is -2.00. The molecule has 1 heterocycles. The van der Waals surface area contributed by atoms with Gasteiger partial charge in [-0.1, -0.05) is 0 Å². The molecule has 2 rings (SSSR count). The molecule has 0 N–H and O–H groups in total. The number of fused-ring (bicyclic) bond motifs is 1. The molecule has 2 aromatic rings. The molecule has 0 aliphatic rings. The van der Waals surface area contributed by atoms with Crippen molar-refractivity contribution in [2.75, 3.05) is 7.11 Å². The van der Waals surface area contributed by atoms with E-state index in [9.17, 15) is 0 Å². The van der Waals surface area contributed by atoms with Crippen LogP contribution in [-0.2, 0) is 0 Å². The van der Waals surface area contributed by atoms with Gasteiger partial charge in [0.15, 0.2) is 17.5 Å². The highest BCUT2D eigenvalue weighted by Crippen LogP contribution is 2.25. The first-order valence-electron chi connectivity index (χ1n) is 3.69. The van der Waals surface area contributed by atoms with Crippen molar-refractivity contribution in [1.82, 2.24) is 4.98 Å². The molecule has 0 saturated carbocycles. The molecular weight excluding hydrogens is 154 g/mol. The number of methoxy groups -OCH3 is 1. The van der Waals surface area contributed by atoms with Gasteiger partial charge in [-0.2, -0.15) is 0 Å². The van der Waals surface area contributed by atoms with Crippen LogP contribution in [0.1, 0.15) is 5.56 Å². The fourth-order valence-electron chi connectivity index (χ4n) is 1.22. The summed E-state index contributed by atoms with van der Waals surface area (Å²) in [6.45, 7) is 1.99. The van der Waals surface area contributed by atoms with Gasteiger partial charge in [0.1, 0.15) is 5.75 Å². The van der Waals surface area contributed by atoms with E-state index < -0.39 is 0 Å². The fourth-order valence-corrected chi connectivity index (χ4v) is 1.22. The van der Waals surface area contributed by atoms with Gasteiger partial charge in [-0.25, -0.2) is 4.98 Å². The Morgan fingerprint density at radius 3 is 3.00 bits per heavy atom. The monoisotopic (exact) mass is 163 g/mol. The van der Waals surface area contributed by atoms with Crippen LogP contribution in [-0.4, -0.2) is 12.1 Å². The second-order valence-electron chi connectivity index (χ2n) is 2.67. The molecule has 0 unspecified atom stereocenters. The van der Waals surface area contributed by atoms with Gasteiger partial charge in [-0.3, -0.25) is 0 Å². The third-order valence-corrected chi connectivity index (χ3v) is 1.77. The Morgan fingerprint density at radius 2 is 2.25 bits per heavy atom. The molecule has 0 spiro atoms. The maximum atomic E-state index is 5.15. The summed E-state index contributed by atoms with van der Waals surface area (Å²) in [4.78, 5) is 4.04. The number of hydrogen-bond acceptors (Lipinski definition) is 3. The number of aromatic nitrogens is 1. The zero-order valence-corrected chi connectivity index (χ0v) is 7.00. The van der Waals surface area contributed by atoms with E-state index in [2.05, 4.69) is 4.98 Å². The van der Waals surface area contributed by atoms with Crippen molar-refractivity contribution in [3.63, 3.8) is 0 Å². The van der Waals surface area contributed by atoms with Gasteiger partial charge < -0.3 is 9.15 Å². The fraction of sp³-hybridized carbons (Fsp3) is 0.222. The lowest BCUT2D eigenvalue weighted by molar-refractivity contribution is 0.418. The van der Waals surface area contributed by atoms with Crippen molar-refractivity contribution in [3.8, 4) is 5.75 Å². The topological polar surface area (TPSA) is 35.3 Å². The molecule has 0 saturated heterocycles. The second-order valence-corrected chi connectivity index (χ2v) is 2.67. The zero-order valence-electron chi connectivity index (χ0n) is 7.00. The summed E-state index contributed by atoms with van der Waals surface area (Å²) in [6.07, 6.45) is 1.42. The molecule has 0 aliphatic carbocycles. The lowest BCUT2D eigenvalue weighted by Crippen LogP contribution is -1.85. The van der Waals surface area contributed by atoms with Gasteiger partial charge in [-0.05, 0) is 24.6 Å². The van der Waals surface area contributed by atoms with E-state index in [1.807, 2.05) is 19.1 Å². The van der Waals surface area contributed by atoms with Crippen LogP contribution >= 0.6 is 0 Å². The van der Waals surface area contributed by atoms with Crippen molar-refractivity contribution in [2.45, 2.75) is 6.92 Å². The number of aryl methyl sites for hydroxylation is 1. The maximum absolute atomic E-state index is 5.15. The van der Waals surface area contributed by atoms with Crippen LogP contribution in [0, 0.1) is 6.92 Å². The van der Waals surface area contributed by atoms with Crippen molar-refractivity contribution in [1.29, 1.82) is 0 Å². The van der Waals surface area contributed by atoms with Gasteiger partial charge in [0.25, 0.3) is 0 Å². The van der Waals surface area contributed by atoms with Crippen LogP contribution in [0.5, 0.6) is 5.75 Å². The SMILES string of the molecule is COc1cc(C)cc2ocnc12. The Bertz CT molecular complexity index is 406. The Kier molecular flexibility index (Phi) is 1.50. The molecule has 12 heavy (non-hydrogen) atoms. The van der Waals surface area contributed by atoms with Crippen molar-refractivity contribution in [3.05, 3.63) is 24.1 Å². The number of nitrogens with zero attached hydrogens (tertiary/aromatic N) is 1. The maximum Gasteiger partial charge on any atom is 0.182 e. The molecule has 0 bridgehead atoms.